The van der Waals surface area contributed by atoms with Gasteiger partial charge >= 0.3 is 5.69 Å². The van der Waals surface area contributed by atoms with Gasteiger partial charge in [0.2, 0.25) is 0 Å². The Labute approximate surface area is 143 Å². The molecule has 2 aromatic heterocycles. The molecule has 2 aromatic carbocycles. The van der Waals surface area contributed by atoms with Crippen molar-refractivity contribution in [3.8, 4) is 21.8 Å². The zero-order valence-corrected chi connectivity index (χ0v) is 14.3. The minimum atomic E-state index is -0.0778. The summed E-state index contributed by atoms with van der Waals surface area (Å²) < 4.78 is 1.78. The molecule has 0 amide bonds. The van der Waals surface area contributed by atoms with Crippen LogP contribution >= 0.6 is 11.3 Å². The van der Waals surface area contributed by atoms with Crippen LogP contribution in [0.5, 0.6) is 0 Å². The zero-order valence-electron chi connectivity index (χ0n) is 13.5. The van der Waals surface area contributed by atoms with Gasteiger partial charge in [-0.2, -0.15) is 0 Å². The van der Waals surface area contributed by atoms with Crippen LogP contribution in [0.4, 0.5) is 0 Å². The number of hydrogen-bond acceptors (Lipinski definition) is 3. The average Bonchev–Trinajstić information content (AvgIpc) is 3.19. The highest BCUT2D eigenvalue weighted by atomic mass is 32.1. The van der Waals surface area contributed by atoms with Crippen LogP contribution in [0.2, 0.25) is 0 Å². The Kier molecular flexibility index (Phi) is 3.58. The lowest BCUT2D eigenvalue weighted by Crippen LogP contribution is -2.18. The molecule has 0 bridgehead atoms. The van der Waals surface area contributed by atoms with Crippen molar-refractivity contribution in [1.29, 1.82) is 0 Å². The summed E-state index contributed by atoms with van der Waals surface area (Å²) in [6.45, 7) is 4.02. The Bertz CT molecular complexity index is 1060. The van der Waals surface area contributed by atoms with Crippen LogP contribution in [0.1, 0.15) is 19.9 Å². The number of hydrogen-bond donors (Lipinski definition) is 1. The maximum atomic E-state index is 12.3. The minimum absolute atomic E-state index is 0.0778. The summed E-state index contributed by atoms with van der Waals surface area (Å²) in [5.74, 6) is 0. The van der Waals surface area contributed by atoms with E-state index >= 15 is 0 Å². The number of aromatic nitrogens is 3. The first-order chi connectivity index (χ1) is 11.6. The molecule has 0 radical (unpaired) electrons. The lowest BCUT2D eigenvalue weighted by molar-refractivity contribution is 0.598. The van der Waals surface area contributed by atoms with E-state index in [-0.39, 0.29) is 11.7 Å². The van der Waals surface area contributed by atoms with Crippen molar-refractivity contribution in [3.05, 3.63) is 64.4 Å². The number of benzene rings is 2. The fourth-order valence-electron chi connectivity index (χ4n) is 2.99. The SMILES string of the molecule is CC(C)n1c(=O)[nH]c2c(-c3csc(-c4ccccc4)n3)cccc21. The lowest BCUT2D eigenvalue weighted by atomic mass is 10.1. The molecule has 4 nitrogen and oxygen atoms in total. The number of aromatic amines is 1. The fraction of sp³-hybridized carbons (Fsp3) is 0.158. The van der Waals surface area contributed by atoms with Crippen LogP contribution in [0.3, 0.4) is 0 Å². The minimum Gasteiger partial charge on any atom is -0.305 e. The van der Waals surface area contributed by atoms with Crippen molar-refractivity contribution in [2.75, 3.05) is 0 Å². The summed E-state index contributed by atoms with van der Waals surface area (Å²) in [6.07, 6.45) is 0. The van der Waals surface area contributed by atoms with E-state index in [1.807, 2.05) is 55.6 Å². The van der Waals surface area contributed by atoms with Gasteiger partial charge in [0.05, 0.1) is 16.7 Å². The van der Waals surface area contributed by atoms with Gasteiger partial charge in [0, 0.05) is 22.5 Å². The molecule has 0 aliphatic carbocycles. The molecule has 0 aliphatic heterocycles. The second-order valence-corrected chi connectivity index (χ2v) is 6.86. The van der Waals surface area contributed by atoms with Crippen LogP contribution in [0.15, 0.2) is 58.7 Å². The highest BCUT2D eigenvalue weighted by Crippen LogP contribution is 2.32. The smallest absolute Gasteiger partial charge is 0.305 e. The summed E-state index contributed by atoms with van der Waals surface area (Å²) in [7, 11) is 0. The first-order valence-electron chi connectivity index (χ1n) is 7.89. The molecular formula is C19H17N3OS. The molecule has 0 unspecified atom stereocenters. The number of thiazole rings is 1. The number of rotatable bonds is 3. The van der Waals surface area contributed by atoms with E-state index in [1.165, 1.54) is 0 Å². The number of nitrogens with one attached hydrogen (secondary N) is 1. The third-order valence-corrected chi connectivity index (χ3v) is 4.96. The number of H-pyrrole nitrogens is 1. The Balaban J connectivity index is 1.88. The van der Waals surface area contributed by atoms with Crippen LogP contribution in [-0.2, 0) is 0 Å². The summed E-state index contributed by atoms with van der Waals surface area (Å²) in [4.78, 5) is 20.0. The molecule has 4 aromatic rings. The molecule has 0 saturated carbocycles. The van der Waals surface area contributed by atoms with Crippen LogP contribution in [0, 0.1) is 0 Å². The van der Waals surface area contributed by atoms with E-state index in [0.717, 1.165) is 32.9 Å². The number of imidazole rings is 1. The molecule has 0 spiro atoms. The van der Waals surface area contributed by atoms with E-state index in [2.05, 4.69) is 17.1 Å². The van der Waals surface area contributed by atoms with E-state index in [9.17, 15) is 4.79 Å². The molecular weight excluding hydrogens is 318 g/mol. The Morgan fingerprint density at radius 2 is 1.88 bits per heavy atom. The molecule has 24 heavy (non-hydrogen) atoms. The number of fused-ring (bicyclic) bond motifs is 1. The third kappa shape index (κ3) is 2.37. The van der Waals surface area contributed by atoms with Crippen LogP contribution < -0.4 is 5.69 Å². The molecule has 0 saturated heterocycles. The Morgan fingerprint density at radius 1 is 1.08 bits per heavy atom. The second kappa shape index (κ2) is 5.76. The standard InChI is InChI=1S/C19H17N3OS/c1-12(2)22-16-10-6-9-14(17(16)21-19(22)23)15-11-24-18(20-15)13-7-4-3-5-8-13/h3-12H,1-2H3,(H,21,23). The third-order valence-electron chi connectivity index (χ3n) is 4.07. The summed E-state index contributed by atoms with van der Waals surface area (Å²) in [5, 5.41) is 3.02. The number of para-hydroxylation sites is 1. The molecule has 4 rings (SSSR count). The summed E-state index contributed by atoms with van der Waals surface area (Å²) in [5.41, 5.74) is 4.65. The highest BCUT2D eigenvalue weighted by Gasteiger charge is 2.15. The van der Waals surface area contributed by atoms with Crippen LogP contribution in [-0.4, -0.2) is 14.5 Å². The van der Waals surface area contributed by atoms with Gasteiger partial charge in [-0.15, -0.1) is 11.3 Å². The van der Waals surface area contributed by atoms with Crippen molar-refractivity contribution in [1.82, 2.24) is 14.5 Å². The predicted molar refractivity (Wildman–Crippen MR) is 99.5 cm³/mol. The molecule has 5 heteroatoms. The monoisotopic (exact) mass is 335 g/mol. The molecule has 0 fully saturated rings. The zero-order chi connectivity index (χ0) is 16.7. The average molecular weight is 335 g/mol. The van der Waals surface area contributed by atoms with Crippen LogP contribution in [0.25, 0.3) is 32.9 Å². The van der Waals surface area contributed by atoms with E-state index < -0.39 is 0 Å². The van der Waals surface area contributed by atoms with Crippen molar-refractivity contribution in [2.24, 2.45) is 0 Å². The molecule has 0 atom stereocenters. The van der Waals surface area contributed by atoms with Gasteiger partial charge in [0.15, 0.2) is 0 Å². The van der Waals surface area contributed by atoms with Gasteiger partial charge < -0.3 is 4.98 Å². The van der Waals surface area contributed by atoms with E-state index in [0.29, 0.717) is 0 Å². The summed E-state index contributed by atoms with van der Waals surface area (Å²) in [6, 6.07) is 16.2. The Hall–Kier alpha value is -2.66. The summed E-state index contributed by atoms with van der Waals surface area (Å²) >= 11 is 1.61. The van der Waals surface area contributed by atoms with Gasteiger partial charge in [-0.05, 0) is 19.9 Å². The first kappa shape index (κ1) is 14.9. The lowest BCUT2D eigenvalue weighted by Gasteiger charge is -2.07. The molecule has 120 valence electrons. The highest BCUT2D eigenvalue weighted by molar-refractivity contribution is 7.13. The maximum absolute atomic E-state index is 12.3. The van der Waals surface area contributed by atoms with Crippen molar-refractivity contribution in [2.45, 2.75) is 19.9 Å². The van der Waals surface area contributed by atoms with Crippen molar-refractivity contribution >= 4 is 22.4 Å². The van der Waals surface area contributed by atoms with Crippen molar-refractivity contribution < 1.29 is 0 Å². The van der Waals surface area contributed by atoms with Gasteiger partial charge in [0.1, 0.15) is 5.01 Å². The quantitative estimate of drug-likeness (QED) is 0.590. The van der Waals surface area contributed by atoms with Gasteiger partial charge in [-0.25, -0.2) is 9.78 Å². The molecule has 1 N–H and O–H groups in total. The first-order valence-corrected chi connectivity index (χ1v) is 8.77. The predicted octanol–water partition coefficient (Wildman–Crippen LogP) is 4.70. The molecule has 0 aliphatic rings. The largest absolute Gasteiger partial charge is 0.326 e. The van der Waals surface area contributed by atoms with Gasteiger partial charge in [-0.3, -0.25) is 4.57 Å². The maximum Gasteiger partial charge on any atom is 0.326 e. The number of nitrogens with zero attached hydrogens (tertiary/aromatic N) is 2. The topological polar surface area (TPSA) is 50.7 Å². The fourth-order valence-corrected chi connectivity index (χ4v) is 3.81. The van der Waals surface area contributed by atoms with E-state index in [1.54, 1.807) is 15.9 Å². The van der Waals surface area contributed by atoms with Crippen molar-refractivity contribution in [3.63, 3.8) is 0 Å². The Morgan fingerprint density at radius 3 is 2.62 bits per heavy atom. The van der Waals surface area contributed by atoms with E-state index in [4.69, 9.17) is 4.98 Å². The van der Waals surface area contributed by atoms with Gasteiger partial charge in [-0.1, -0.05) is 42.5 Å². The van der Waals surface area contributed by atoms with Gasteiger partial charge in [0.25, 0.3) is 0 Å². The second-order valence-electron chi connectivity index (χ2n) is 6.00. The molecule has 2 heterocycles. The normalized spacial score (nSPS) is 11.5.